The number of benzene rings is 1. The van der Waals surface area contributed by atoms with Crippen molar-refractivity contribution in [2.75, 3.05) is 27.4 Å². The van der Waals surface area contributed by atoms with Gasteiger partial charge >= 0.3 is 0 Å². The Labute approximate surface area is 102 Å². The van der Waals surface area contributed by atoms with Gasteiger partial charge < -0.3 is 14.8 Å². The van der Waals surface area contributed by atoms with Crippen LogP contribution in [0.3, 0.4) is 0 Å². The average Bonchev–Trinajstić information content (AvgIpc) is 2.35. The summed E-state index contributed by atoms with van der Waals surface area (Å²) in [5, 5.41) is 2.84. The third-order valence-electron chi connectivity index (χ3n) is 2.31. The van der Waals surface area contributed by atoms with Crippen LogP contribution in [0.15, 0.2) is 24.3 Å². The normalized spacial score (nSPS) is 10.2. The molecule has 0 fully saturated rings. The number of hydrogen-bond donors (Lipinski definition) is 1. The van der Waals surface area contributed by atoms with E-state index in [0.717, 1.165) is 12.0 Å². The highest BCUT2D eigenvalue weighted by atomic mass is 16.5. The van der Waals surface area contributed by atoms with Gasteiger partial charge in [-0.15, -0.1) is 0 Å². The van der Waals surface area contributed by atoms with E-state index in [2.05, 4.69) is 5.32 Å². The molecule has 0 heterocycles. The van der Waals surface area contributed by atoms with Crippen molar-refractivity contribution in [1.29, 1.82) is 0 Å². The van der Waals surface area contributed by atoms with Crippen LogP contribution < -0.4 is 5.32 Å². The van der Waals surface area contributed by atoms with Crippen LogP contribution in [0.25, 0.3) is 0 Å². The minimum Gasteiger partial charge on any atom is -0.385 e. The minimum atomic E-state index is -0.0564. The molecular formula is C13H19NO3. The van der Waals surface area contributed by atoms with E-state index in [0.29, 0.717) is 25.3 Å². The fraction of sp³-hybridized carbons (Fsp3) is 0.462. The fourth-order valence-electron chi connectivity index (χ4n) is 1.49. The largest absolute Gasteiger partial charge is 0.385 e. The van der Waals surface area contributed by atoms with Gasteiger partial charge in [-0.1, -0.05) is 12.1 Å². The topological polar surface area (TPSA) is 47.6 Å². The van der Waals surface area contributed by atoms with Gasteiger partial charge in [0.05, 0.1) is 6.61 Å². The van der Waals surface area contributed by atoms with Crippen LogP contribution in [0.1, 0.15) is 22.3 Å². The van der Waals surface area contributed by atoms with E-state index in [-0.39, 0.29) is 5.91 Å². The second kappa shape index (κ2) is 7.81. The highest BCUT2D eigenvalue weighted by Crippen LogP contribution is 2.06. The van der Waals surface area contributed by atoms with Crippen molar-refractivity contribution in [3.8, 4) is 0 Å². The first-order chi connectivity index (χ1) is 8.27. The van der Waals surface area contributed by atoms with Gasteiger partial charge in [-0.3, -0.25) is 4.79 Å². The molecule has 0 atom stereocenters. The predicted octanol–water partition coefficient (Wildman–Crippen LogP) is 1.60. The summed E-state index contributed by atoms with van der Waals surface area (Å²) >= 11 is 0. The van der Waals surface area contributed by atoms with Crippen molar-refractivity contribution in [2.45, 2.75) is 13.0 Å². The SMILES string of the molecule is COCCCNC(=O)c1cccc(COC)c1. The molecule has 0 saturated heterocycles. The molecule has 0 spiro atoms. The Bertz CT molecular complexity index is 352. The van der Waals surface area contributed by atoms with Gasteiger partial charge in [0, 0.05) is 32.9 Å². The number of carbonyl (C=O) groups is 1. The number of ether oxygens (including phenoxy) is 2. The maximum absolute atomic E-state index is 11.8. The maximum atomic E-state index is 11.8. The number of carbonyl (C=O) groups excluding carboxylic acids is 1. The van der Waals surface area contributed by atoms with Gasteiger partial charge in [0.15, 0.2) is 0 Å². The lowest BCUT2D eigenvalue weighted by atomic mass is 10.1. The van der Waals surface area contributed by atoms with Crippen molar-refractivity contribution >= 4 is 5.91 Å². The summed E-state index contributed by atoms with van der Waals surface area (Å²) in [6.07, 6.45) is 0.819. The van der Waals surface area contributed by atoms with E-state index < -0.39 is 0 Å². The van der Waals surface area contributed by atoms with E-state index in [1.165, 1.54) is 0 Å². The number of methoxy groups -OCH3 is 2. The molecule has 1 aromatic rings. The van der Waals surface area contributed by atoms with Crippen LogP contribution in [0.2, 0.25) is 0 Å². The number of nitrogens with one attached hydrogen (secondary N) is 1. The van der Waals surface area contributed by atoms with Crippen LogP contribution in [0, 0.1) is 0 Å². The van der Waals surface area contributed by atoms with Gasteiger partial charge in [-0.05, 0) is 24.1 Å². The highest BCUT2D eigenvalue weighted by molar-refractivity contribution is 5.94. The van der Waals surface area contributed by atoms with Crippen LogP contribution in [-0.2, 0) is 16.1 Å². The lowest BCUT2D eigenvalue weighted by molar-refractivity contribution is 0.0948. The molecule has 0 bridgehead atoms. The maximum Gasteiger partial charge on any atom is 0.251 e. The summed E-state index contributed by atoms with van der Waals surface area (Å²) in [6, 6.07) is 7.43. The number of hydrogen-bond acceptors (Lipinski definition) is 3. The predicted molar refractivity (Wildman–Crippen MR) is 66.0 cm³/mol. The summed E-state index contributed by atoms with van der Waals surface area (Å²) < 4.78 is 9.94. The zero-order valence-electron chi connectivity index (χ0n) is 10.4. The molecule has 0 aliphatic carbocycles. The Kier molecular flexibility index (Phi) is 6.29. The minimum absolute atomic E-state index is 0.0564. The number of amides is 1. The fourth-order valence-corrected chi connectivity index (χ4v) is 1.49. The Balaban J connectivity index is 2.47. The Morgan fingerprint density at radius 1 is 1.29 bits per heavy atom. The molecule has 0 unspecified atom stereocenters. The summed E-state index contributed by atoms with van der Waals surface area (Å²) in [7, 11) is 3.29. The summed E-state index contributed by atoms with van der Waals surface area (Å²) in [4.78, 5) is 11.8. The highest BCUT2D eigenvalue weighted by Gasteiger charge is 2.05. The quantitative estimate of drug-likeness (QED) is 0.733. The molecule has 0 radical (unpaired) electrons. The van der Waals surface area contributed by atoms with Crippen LogP contribution >= 0.6 is 0 Å². The molecule has 0 aliphatic rings. The second-order valence-corrected chi connectivity index (χ2v) is 3.74. The van der Waals surface area contributed by atoms with E-state index in [9.17, 15) is 4.79 Å². The smallest absolute Gasteiger partial charge is 0.251 e. The van der Waals surface area contributed by atoms with Crippen molar-refractivity contribution in [2.24, 2.45) is 0 Å². The first kappa shape index (κ1) is 13.7. The van der Waals surface area contributed by atoms with E-state index in [1.807, 2.05) is 18.2 Å². The van der Waals surface area contributed by atoms with Crippen molar-refractivity contribution < 1.29 is 14.3 Å². The van der Waals surface area contributed by atoms with Gasteiger partial charge in [-0.2, -0.15) is 0 Å². The first-order valence-corrected chi connectivity index (χ1v) is 5.63. The Hall–Kier alpha value is -1.39. The lowest BCUT2D eigenvalue weighted by Crippen LogP contribution is -2.25. The molecule has 0 aliphatic heterocycles. The van der Waals surface area contributed by atoms with Crippen molar-refractivity contribution in [3.63, 3.8) is 0 Å². The van der Waals surface area contributed by atoms with Crippen LogP contribution in [0.4, 0.5) is 0 Å². The average molecular weight is 237 g/mol. The molecule has 0 aromatic heterocycles. The molecule has 4 heteroatoms. The molecule has 94 valence electrons. The van der Waals surface area contributed by atoms with Crippen LogP contribution in [0.5, 0.6) is 0 Å². The summed E-state index contributed by atoms with van der Waals surface area (Å²) in [6.45, 7) is 1.80. The van der Waals surface area contributed by atoms with Crippen molar-refractivity contribution in [1.82, 2.24) is 5.32 Å². The standard InChI is InChI=1S/C13H19NO3/c1-16-8-4-7-14-13(15)12-6-3-5-11(9-12)10-17-2/h3,5-6,9H,4,7-8,10H2,1-2H3,(H,14,15). The molecule has 1 rings (SSSR count). The van der Waals surface area contributed by atoms with Gasteiger partial charge in [0.25, 0.3) is 5.91 Å². The van der Waals surface area contributed by atoms with E-state index in [4.69, 9.17) is 9.47 Å². The van der Waals surface area contributed by atoms with Gasteiger partial charge in [0.2, 0.25) is 0 Å². The monoisotopic (exact) mass is 237 g/mol. The number of rotatable bonds is 7. The van der Waals surface area contributed by atoms with Crippen molar-refractivity contribution in [3.05, 3.63) is 35.4 Å². The summed E-state index contributed by atoms with van der Waals surface area (Å²) in [5.74, 6) is -0.0564. The van der Waals surface area contributed by atoms with Gasteiger partial charge in [-0.25, -0.2) is 0 Å². The third kappa shape index (κ3) is 4.97. The first-order valence-electron chi connectivity index (χ1n) is 5.63. The molecule has 1 aromatic carbocycles. The van der Waals surface area contributed by atoms with Crippen LogP contribution in [-0.4, -0.2) is 33.3 Å². The van der Waals surface area contributed by atoms with E-state index >= 15 is 0 Å². The zero-order valence-corrected chi connectivity index (χ0v) is 10.4. The lowest BCUT2D eigenvalue weighted by Gasteiger charge is -2.06. The molecular weight excluding hydrogens is 218 g/mol. The molecule has 0 saturated carbocycles. The third-order valence-corrected chi connectivity index (χ3v) is 2.31. The molecule has 4 nitrogen and oxygen atoms in total. The molecule has 1 amide bonds. The van der Waals surface area contributed by atoms with E-state index in [1.54, 1.807) is 20.3 Å². The van der Waals surface area contributed by atoms with Gasteiger partial charge in [0.1, 0.15) is 0 Å². The molecule has 1 N–H and O–H groups in total. The Morgan fingerprint density at radius 3 is 2.82 bits per heavy atom. The summed E-state index contributed by atoms with van der Waals surface area (Å²) in [5.41, 5.74) is 1.66. The Morgan fingerprint density at radius 2 is 2.12 bits per heavy atom. The zero-order chi connectivity index (χ0) is 12.5. The second-order valence-electron chi connectivity index (χ2n) is 3.74. The molecule has 17 heavy (non-hydrogen) atoms.